The maximum Gasteiger partial charge on any atom is 0.472 e. The highest BCUT2D eigenvalue weighted by Crippen LogP contribution is 2.43. The Hall–Kier alpha value is -2.32. The summed E-state index contributed by atoms with van der Waals surface area (Å²) >= 11 is 0. The van der Waals surface area contributed by atoms with E-state index in [2.05, 4.69) is 92.1 Å². The van der Waals surface area contributed by atoms with Crippen LogP contribution in [0.25, 0.3) is 0 Å². The van der Waals surface area contributed by atoms with E-state index in [1.807, 2.05) is 27.2 Å². The van der Waals surface area contributed by atoms with Crippen LogP contribution >= 0.6 is 7.82 Å². The van der Waals surface area contributed by atoms with Gasteiger partial charge < -0.3 is 19.8 Å². The third-order valence-electron chi connectivity index (χ3n) is 15.8. The van der Waals surface area contributed by atoms with Crippen LogP contribution in [0.5, 0.6) is 0 Å². The summed E-state index contributed by atoms with van der Waals surface area (Å²) in [6, 6.07) is -0.872. The van der Waals surface area contributed by atoms with Crippen molar-refractivity contribution in [1.82, 2.24) is 5.32 Å². The molecule has 0 bridgehead atoms. The number of rotatable bonds is 65. The predicted octanol–water partition coefficient (Wildman–Crippen LogP) is 22.7. The molecule has 0 aliphatic rings. The van der Waals surface area contributed by atoms with Gasteiger partial charge in [-0.25, -0.2) is 4.57 Å². The molecule has 0 saturated carbocycles. The summed E-state index contributed by atoms with van der Waals surface area (Å²) in [5.41, 5.74) is 0. The molecule has 1 amide bonds. The molecule has 83 heavy (non-hydrogen) atoms. The van der Waals surface area contributed by atoms with Crippen molar-refractivity contribution in [3.63, 3.8) is 0 Å². The van der Waals surface area contributed by atoms with Gasteiger partial charge in [0.15, 0.2) is 0 Å². The Balaban J connectivity index is 3.95. The molecule has 0 fully saturated rings. The summed E-state index contributed by atoms with van der Waals surface area (Å²) in [5, 5.41) is 14.0. The maximum atomic E-state index is 13.0. The Kier molecular flexibility index (Phi) is 62.4. The number of carbonyl (C=O) groups is 1. The van der Waals surface area contributed by atoms with E-state index in [0.717, 1.165) is 70.6 Å². The molecule has 3 unspecified atom stereocenters. The van der Waals surface area contributed by atoms with Gasteiger partial charge in [-0.05, 0) is 83.5 Å². The number of nitrogens with zero attached hydrogens (tertiary/aromatic N) is 1. The van der Waals surface area contributed by atoms with Gasteiger partial charge in [0.1, 0.15) is 13.2 Å². The van der Waals surface area contributed by atoms with E-state index in [4.69, 9.17) is 9.05 Å². The lowest BCUT2D eigenvalue weighted by atomic mass is 10.0. The topological polar surface area (TPSA) is 105 Å². The fraction of sp³-hybridized carbons (Fsp3) is 0.797. The molecule has 8 nitrogen and oxygen atoms in total. The molecule has 0 aromatic heterocycles. The Bertz CT molecular complexity index is 1630. The average Bonchev–Trinajstić information content (AvgIpc) is 3.49. The van der Waals surface area contributed by atoms with Crippen LogP contribution in [-0.4, -0.2) is 73.4 Å². The lowest BCUT2D eigenvalue weighted by molar-refractivity contribution is -0.870. The molecule has 9 heteroatoms. The lowest BCUT2D eigenvalue weighted by Crippen LogP contribution is -2.45. The van der Waals surface area contributed by atoms with E-state index in [-0.39, 0.29) is 19.1 Å². The number of unbranched alkanes of at least 4 members (excludes halogenated alkanes) is 40. The molecule has 0 rings (SSSR count). The van der Waals surface area contributed by atoms with Crippen LogP contribution < -0.4 is 5.32 Å². The summed E-state index contributed by atoms with van der Waals surface area (Å²) in [4.78, 5) is 23.4. The van der Waals surface area contributed by atoms with E-state index >= 15 is 0 Å². The number of nitrogens with one attached hydrogen (secondary N) is 1. The fourth-order valence-corrected chi connectivity index (χ4v) is 11.1. The maximum absolute atomic E-state index is 13.0. The van der Waals surface area contributed by atoms with Crippen molar-refractivity contribution in [2.75, 3.05) is 40.9 Å². The molecule has 3 atom stereocenters. The third-order valence-corrected chi connectivity index (χ3v) is 16.8. The fourth-order valence-electron chi connectivity index (χ4n) is 10.4. The van der Waals surface area contributed by atoms with Gasteiger partial charge in [0, 0.05) is 6.42 Å². The second-order valence-electron chi connectivity index (χ2n) is 25.2. The van der Waals surface area contributed by atoms with Gasteiger partial charge in [-0.15, -0.1) is 0 Å². The monoisotopic (exact) mass is 1180 g/mol. The molecule has 0 saturated heterocycles. The number of aliphatic hydroxyl groups is 1. The van der Waals surface area contributed by atoms with Crippen LogP contribution in [0.15, 0.2) is 85.1 Å². The normalized spacial score (nSPS) is 14.2. The highest BCUT2D eigenvalue weighted by molar-refractivity contribution is 7.47. The third kappa shape index (κ3) is 67.1. The van der Waals surface area contributed by atoms with Crippen LogP contribution in [0.2, 0.25) is 0 Å². The first-order valence-electron chi connectivity index (χ1n) is 35.5. The zero-order valence-corrected chi connectivity index (χ0v) is 56.3. The first kappa shape index (κ1) is 80.7. The Morgan fingerprint density at radius 2 is 0.735 bits per heavy atom. The highest BCUT2D eigenvalue weighted by Gasteiger charge is 2.28. The first-order valence-corrected chi connectivity index (χ1v) is 37.0. The zero-order valence-electron chi connectivity index (χ0n) is 55.4. The minimum atomic E-state index is -4.36. The number of quaternary nitrogens is 1. The van der Waals surface area contributed by atoms with Crippen molar-refractivity contribution in [3.8, 4) is 0 Å². The zero-order chi connectivity index (χ0) is 60.5. The molecule has 0 aliphatic heterocycles. The molecular formula is C74H138N2O6P+. The van der Waals surface area contributed by atoms with Gasteiger partial charge in [0.05, 0.1) is 39.9 Å². The molecule has 484 valence electrons. The second kappa shape index (κ2) is 64.2. The predicted molar refractivity (Wildman–Crippen MR) is 364 cm³/mol. The molecule has 0 aromatic carbocycles. The first-order chi connectivity index (χ1) is 40.5. The van der Waals surface area contributed by atoms with Crippen LogP contribution in [0.4, 0.5) is 0 Å². The number of allylic oxidation sites excluding steroid dienone is 13. The van der Waals surface area contributed by atoms with E-state index in [9.17, 15) is 19.4 Å². The van der Waals surface area contributed by atoms with Gasteiger partial charge in [-0.2, -0.15) is 0 Å². The van der Waals surface area contributed by atoms with Crippen LogP contribution in [0.1, 0.15) is 328 Å². The molecule has 0 spiro atoms. The summed E-state index contributed by atoms with van der Waals surface area (Å²) in [6.45, 7) is 4.70. The number of phosphoric acid groups is 1. The summed E-state index contributed by atoms with van der Waals surface area (Å²) in [6.07, 6.45) is 91.8. The van der Waals surface area contributed by atoms with Crippen LogP contribution in [-0.2, 0) is 18.4 Å². The standard InChI is InChI=1S/C74H137N2O6P/c1-6-8-10-12-14-16-18-20-22-24-26-28-29-30-31-32-33-34-35-36-37-38-39-40-41-42-43-44-45-46-47-48-50-52-54-56-58-60-62-64-66-68-74(78)75-72(71-82-83(79,80)81-70-69-76(3,4)5)73(77)67-65-63-61-59-57-55-53-51-49-27-25-23-21-19-17-15-13-11-9-7-2/h8,10,14,16,20,22,26,28,49,51,57,59,65,67,72-73,77H,6-7,9,11-13,15,17-19,21,23-25,27,29-48,50,52-56,58,60-64,66,68-71H2,1-5H3,(H-,75,78,79,80)/p+1/b10-8-,16-14-,22-20-,28-26-,51-49+,59-57+,67-65+. The number of likely N-dealkylation sites (N-methyl/N-ethyl adjacent to an activating group) is 1. The Morgan fingerprint density at radius 1 is 0.422 bits per heavy atom. The highest BCUT2D eigenvalue weighted by atomic mass is 31.2. The quantitative estimate of drug-likeness (QED) is 0.0243. The van der Waals surface area contributed by atoms with Gasteiger partial charge in [0.2, 0.25) is 5.91 Å². The van der Waals surface area contributed by atoms with Gasteiger partial charge >= 0.3 is 7.82 Å². The molecule has 0 radical (unpaired) electrons. The van der Waals surface area contributed by atoms with Crippen molar-refractivity contribution in [3.05, 3.63) is 85.1 Å². The van der Waals surface area contributed by atoms with E-state index in [0.29, 0.717) is 17.4 Å². The molecule has 0 heterocycles. The van der Waals surface area contributed by atoms with Gasteiger partial charge in [0.25, 0.3) is 0 Å². The van der Waals surface area contributed by atoms with Crippen molar-refractivity contribution < 1.29 is 32.9 Å². The molecular weight excluding hydrogens is 1040 g/mol. The van der Waals surface area contributed by atoms with E-state index in [1.54, 1.807) is 6.08 Å². The average molecular weight is 1180 g/mol. The van der Waals surface area contributed by atoms with Crippen LogP contribution in [0, 0.1) is 0 Å². The number of aliphatic hydroxyl groups excluding tert-OH is 1. The lowest BCUT2D eigenvalue weighted by Gasteiger charge is -2.25. The van der Waals surface area contributed by atoms with E-state index < -0.39 is 20.0 Å². The van der Waals surface area contributed by atoms with E-state index in [1.165, 1.54) is 238 Å². The number of carbonyl (C=O) groups excluding carboxylic acids is 1. The number of amides is 1. The van der Waals surface area contributed by atoms with Crippen molar-refractivity contribution >= 4 is 13.7 Å². The van der Waals surface area contributed by atoms with Crippen molar-refractivity contribution in [2.45, 2.75) is 341 Å². The van der Waals surface area contributed by atoms with Crippen LogP contribution in [0.3, 0.4) is 0 Å². The Morgan fingerprint density at radius 3 is 1.11 bits per heavy atom. The minimum absolute atomic E-state index is 0.0532. The minimum Gasteiger partial charge on any atom is -0.387 e. The SMILES string of the molecule is CC/C=C\C/C=C\C/C=C\C/C=C\CCCCCCCCCCCCCCCCCCCCCCCCCCCCCCC(=O)NC(COP(=O)(O)OCC[N+](C)(C)C)C(O)/C=C/CC/C=C/CC/C=C/CCCCCCCCCCCC. The molecule has 0 aliphatic carbocycles. The summed E-state index contributed by atoms with van der Waals surface area (Å²) in [7, 11) is 1.55. The van der Waals surface area contributed by atoms with Crippen molar-refractivity contribution in [1.29, 1.82) is 0 Å². The number of phosphoric ester groups is 1. The number of hydrogen-bond acceptors (Lipinski definition) is 5. The smallest absolute Gasteiger partial charge is 0.387 e. The molecule has 0 aromatic rings. The summed E-state index contributed by atoms with van der Waals surface area (Å²) < 4.78 is 23.8. The number of hydrogen-bond donors (Lipinski definition) is 3. The van der Waals surface area contributed by atoms with Gasteiger partial charge in [-0.3, -0.25) is 13.8 Å². The molecule has 3 N–H and O–H groups in total. The van der Waals surface area contributed by atoms with Crippen molar-refractivity contribution in [2.24, 2.45) is 0 Å². The van der Waals surface area contributed by atoms with Gasteiger partial charge in [-0.1, -0.05) is 324 Å². The summed E-state index contributed by atoms with van der Waals surface area (Å²) in [5.74, 6) is -0.186. The largest absolute Gasteiger partial charge is 0.472 e. The Labute approximate surface area is 516 Å². The second-order valence-corrected chi connectivity index (χ2v) is 26.7.